The second-order valence-corrected chi connectivity index (χ2v) is 7.12. The van der Waals surface area contributed by atoms with Gasteiger partial charge in [0, 0.05) is 25.5 Å². The van der Waals surface area contributed by atoms with E-state index in [0.717, 1.165) is 0 Å². The van der Waals surface area contributed by atoms with Crippen LogP contribution >= 0.6 is 11.6 Å². The molecule has 2 N–H and O–H groups in total. The highest BCUT2D eigenvalue weighted by Crippen LogP contribution is 2.31. The van der Waals surface area contributed by atoms with Crippen molar-refractivity contribution in [2.75, 3.05) is 13.1 Å². The van der Waals surface area contributed by atoms with Crippen molar-refractivity contribution in [3.63, 3.8) is 0 Å². The van der Waals surface area contributed by atoms with Crippen molar-refractivity contribution in [2.45, 2.75) is 23.8 Å². The highest BCUT2D eigenvalue weighted by atomic mass is 35.5. The Morgan fingerprint density at radius 2 is 2.10 bits per heavy atom. The number of aliphatic hydroxyl groups is 1. The minimum Gasteiger partial charge on any atom is -0.393 e. The zero-order valence-electron chi connectivity index (χ0n) is 10.6. The van der Waals surface area contributed by atoms with E-state index in [2.05, 4.69) is 9.97 Å². The molecule has 108 valence electrons. The van der Waals surface area contributed by atoms with Crippen LogP contribution in [0.15, 0.2) is 23.4 Å². The first-order valence-electron chi connectivity index (χ1n) is 6.30. The molecule has 1 aliphatic rings. The molecule has 2 aromatic heterocycles. The van der Waals surface area contributed by atoms with Crippen molar-refractivity contribution in [2.24, 2.45) is 0 Å². The number of rotatable bonds is 2. The first kappa shape index (κ1) is 13.8. The van der Waals surface area contributed by atoms with Gasteiger partial charge in [-0.25, -0.2) is 13.4 Å². The average Bonchev–Trinajstić information content (AvgIpc) is 2.85. The minimum atomic E-state index is -3.62. The van der Waals surface area contributed by atoms with Gasteiger partial charge in [-0.1, -0.05) is 11.6 Å². The molecule has 20 heavy (non-hydrogen) atoms. The van der Waals surface area contributed by atoms with Gasteiger partial charge in [0.25, 0.3) is 0 Å². The van der Waals surface area contributed by atoms with Crippen LogP contribution in [-0.4, -0.2) is 47.0 Å². The second kappa shape index (κ2) is 5.00. The Morgan fingerprint density at radius 1 is 1.40 bits per heavy atom. The summed E-state index contributed by atoms with van der Waals surface area (Å²) in [6.45, 7) is 0.627. The second-order valence-electron chi connectivity index (χ2n) is 4.80. The monoisotopic (exact) mass is 315 g/mol. The van der Waals surface area contributed by atoms with Gasteiger partial charge in [-0.2, -0.15) is 4.31 Å². The molecule has 6 nitrogen and oxygen atoms in total. The van der Waals surface area contributed by atoms with Gasteiger partial charge in [0.15, 0.2) is 0 Å². The fourth-order valence-corrected chi connectivity index (χ4v) is 4.36. The summed E-state index contributed by atoms with van der Waals surface area (Å²) in [6.07, 6.45) is 3.43. The summed E-state index contributed by atoms with van der Waals surface area (Å²) in [7, 11) is -3.62. The molecule has 0 amide bonds. The van der Waals surface area contributed by atoms with Crippen molar-refractivity contribution >= 4 is 32.7 Å². The summed E-state index contributed by atoms with van der Waals surface area (Å²) >= 11 is 6.09. The number of halogens is 1. The number of aromatic amines is 1. The molecule has 0 bridgehead atoms. The molecular weight excluding hydrogens is 302 g/mol. The number of pyridine rings is 1. The SMILES string of the molecule is O=S(=O)(c1c[nH]c2nccc(Cl)c12)N1CCC(O)CC1. The van der Waals surface area contributed by atoms with Crippen LogP contribution in [0.3, 0.4) is 0 Å². The molecule has 0 spiro atoms. The van der Waals surface area contributed by atoms with Gasteiger partial charge in [-0.15, -0.1) is 0 Å². The lowest BCUT2D eigenvalue weighted by atomic mass is 10.1. The number of aromatic nitrogens is 2. The highest BCUT2D eigenvalue weighted by molar-refractivity contribution is 7.89. The van der Waals surface area contributed by atoms with Crippen molar-refractivity contribution in [1.29, 1.82) is 0 Å². The Labute approximate surface area is 121 Å². The first-order chi connectivity index (χ1) is 9.50. The fourth-order valence-electron chi connectivity index (χ4n) is 2.41. The maximum absolute atomic E-state index is 12.7. The van der Waals surface area contributed by atoms with E-state index in [1.807, 2.05) is 0 Å². The van der Waals surface area contributed by atoms with E-state index < -0.39 is 16.1 Å². The fraction of sp³-hybridized carbons (Fsp3) is 0.417. The van der Waals surface area contributed by atoms with E-state index in [1.165, 1.54) is 16.7 Å². The molecule has 0 unspecified atom stereocenters. The normalized spacial score (nSPS) is 18.7. The number of hydrogen-bond donors (Lipinski definition) is 2. The summed E-state index contributed by atoms with van der Waals surface area (Å²) in [5.41, 5.74) is 0.452. The van der Waals surface area contributed by atoms with Crippen LogP contribution in [0.25, 0.3) is 11.0 Å². The van der Waals surface area contributed by atoms with Crippen molar-refractivity contribution in [3.05, 3.63) is 23.5 Å². The molecule has 0 radical (unpaired) electrons. The number of H-pyrrole nitrogens is 1. The van der Waals surface area contributed by atoms with E-state index in [1.54, 1.807) is 6.07 Å². The van der Waals surface area contributed by atoms with Crippen LogP contribution in [-0.2, 0) is 10.0 Å². The number of nitrogens with zero attached hydrogens (tertiary/aromatic N) is 2. The van der Waals surface area contributed by atoms with Gasteiger partial charge in [-0.3, -0.25) is 0 Å². The molecular formula is C12H14ClN3O3S. The number of nitrogens with one attached hydrogen (secondary N) is 1. The van der Waals surface area contributed by atoms with E-state index in [9.17, 15) is 13.5 Å². The van der Waals surface area contributed by atoms with Gasteiger partial charge < -0.3 is 10.1 Å². The van der Waals surface area contributed by atoms with Gasteiger partial charge in [-0.05, 0) is 18.9 Å². The predicted molar refractivity (Wildman–Crippen MR) is 75.1 cm³/mol. The third-order valence-corrected chi connectivity index (χ3v) is 5.77. The first-order valence-corrected chi connectivity index (χ1v) is 8.12. The average molecular weight is 316 g/mol. The molecule has 3 heterocycles. The molecule has 0 saturated carbocycles. The van der Waals surface area contributed by atoms with Crippen LogP contribution in [0.2, 0.25) is 5.02 Å². The van der Waals surface area contributed by atoms with Gasteiger partial charge in [0.05, 0.1) is 16.5 Å². The van der Waals surface area contributed by atoms with Crippen LogP contribution in [0.5, 0.6) is 0 Å². The topological polar surface area (TPSA) is 86.3 Å². The lowest BCUT2D eigenvalue weighted by Gasteiger charge is -2.28. The number of sulfonamides is 1. The Kier molecular flexibility index (Phi) is 3.45. The third-order valence-electron chi connectivity index (χ3n) is 3.53. The summed E-state index contributed by atoms with van der Waals surface area (Å²) in [6, 6.07) is 1.57. The molecule has 0 aliphatic carbocycles. The molecule has 2 aromatic rings. The van der Waals surface area contributed by atoms with Crippen molar-refractivity contribution in [3.8, 4) is 0 Å². The number of piperidine rings is 1. The summed E-state index contributed by atoms with van der Waals surface area (Å²) < 4.78 is 26.7. The van der Waals surface area contributed by atoms with Gasteiger partial charge in [0.1, 0.15) is 10.5 Å². The van der Waals surface area contributed by atoms with Gasteiger partial charge >= 0.3 is 0 Å². The van der Waals surface area contributed by atoms with Crippen LogP contribution in [0, 0.1) is 0 Å². The van der Waals surface area contributed by atoms with Crippen LogP contribution in [0.4, 0.5) is 0 Å². The zero-order chi connectivity index (χ0) is 14.3. The zero-order valence-corrected chi connectivity index (χ0v) is 12.2. The van der Waals surface area contributed by atoms with Crippen molar-refractivity contribution in [1.82, 2.24) is 14.3 Å². The Hall–Kier alpha value is -1.15. The molecule has 0 aromatic carbocycles. The summed E-state index contributed by atoms with van der Waals surface area (Å²) in [4.78, 5) is 7.04. The van der Waals surface area contributed by atoms with E-state index >= 15 is 0 Å². The van der Waals surface area contributed by atoms with E-state index in [0.29, 0.717) is 42.0 Å². The number of hydrogen-bond acceptors (Lipinski definition) is 4. The molecule has 0 atom stereocenters. The molecule has 1 saturated heterocycles. The quantitative estimate of drug-likeness (QED) is 0.876. The summed E-state index contributed by atoms with van der Waals surface area (Å²) in [5, 5.41) is 10.3. The van der Waals surface area contributed by atoms with Gasteiger partial charge in [0.2, 0.25) is 10.0 Å². The maximum atomic E-state index is 12.7. The molecule has 8 heteroatoms. The Bertz CT molecular complexity index is 735. The lowest BCUT2D eigenvalue weighted by molar-refractivity contribution is 0.113. The number of aliphatic hydroxyl groups excluding tert-OH is 1. The maximum Gasteiger partial charge on any atom is 0.245 e. The van der Waals surface area contributed by atoms with E-state index in [-0.39, 0.29) is 4.90 Å². The Balaban J connectivity index is 2.06. The number of fused-ring (bicyclic) bond motifs is 1. The smallest absolute Gasteiger partial charge is 0.245 e. The van der Waals surface area contributed by atoms with Crippen LogP contribution < -0.4 is 0 Å². The molecule has 1 aliphatic heterocycles. The molecule has 3 rings (SSSR count). The highest BCUT2D eigenvalue weighted by Gasteiger charge is 2.31. The minimum absolute atomic E-state index is 0.141. The van der Waals surface area contributed by atoms with Crippen molar-refractivity contribution < 1.29 is 13.5 Å². The molecule has 1 fully saturated rings. The third kappa shape index (κ3) is 2.20. The standard InChI is InChI=1S/C12H14ClN3O3S/c13-9-1-4-14-12-11(9)10(7-15-12)20(18,19)16-5-2-8(17)3-6-16/h1,4,7-8,17H,2-3,5-6H2,(H,14,15). The largest absolute Gasteiger partial charge is 0.393 e. The lowest BCUT2D eigenvalue weighted by Crippen LogP contribution is -2.39. The van der Waals surface area contributed by atoms with Crippen LogP contribution in [0.1, 0.15) is 12.8 Å². The Morgan fingerprint density at radius 3 is 2.80 bits per heavy atom. The predicted octanol–water partition coefficient (Wildman–Crippen LogP) is 1.36. The summed E-state index contributed by atoms with van der Waals surface area (Å²) in [5.74, 6) is 0. The van der Waals surface area contributed by atoms with E-state index in [4.69, 9.17) is 11.6 Å².